The van der Waals surface area contributed by atoms with Crippen molar-refractivity contribution in [3.05, 3.63) is 63.9 Å². The molecule has 0 amide bonds. The van der Waals surface area contributed by atoms with E-state index in [0.29, 0.717) is 23.7 Å². The van der Waals surface area contributed by atoms with Crippen LogP contribution in [-0.2, 0) is 13.1 Å². The van der Waals surface area contributed by atoms with Gasteiger partial charge in [0.15, 0.2) is 5.84 Å². The van der Waals surface area contributed by atoms with E-state index in [1.165, 1.54) is 0 Å². The first-order valence-corrected chi connectivity index (χ1v) is 6.87. The Labute approximate surface area is 128 Å². The highest BCUT2D eigenvalue weighted by atomic mass is 35.5. The highest BCUT2D eigenvalue weighted by molar-refractivity contribution is 6.31. The molecule has 0 atom stereocenters. The van der Waals surface area contributed by atoms with Crippen molar-refractivity contribution in [1.82, 2.24) is 10.3 Å². The van der Waals surface area contributed by atoms with Crippen molar-refractivity contribution in [3.63, 3.8) is 0 Å². The van der Waals surface area contributed by atoms with Gasteiger partial charge in [-0.15, -0.1) is 0 Å². The molecule has 0 saturated heterocycles. The molecule has 1 aromatic heterocycles. The second-order valence-corrected chi connectivity index (χ2v) is 5.07. The third-order valence-corrected chi connectivity index (χ3v) is 3.53. The van der Waals surface area contributed by atoms with Crippen LogP contribution in [0, 0.1) is 6.92 Å². The summed E-state index contributed by atoms with van der Waals surface area (Å²) in [6, 6.07) is 9.25. The van der Waals surface area contributed by atoms with Crippen molar-refractivity contribution in [1.29, 1.82) is 0 Å². The summed E-state index contributed by atoms with van der Waals surface area (Å²) in [7, 11) is 0. The second kappa shape index (κ2) is 7.06. The summed E-state index contributed by atoms with van der Waals surface area (Å²) in [5, 5.41) is 15.5. The monoisotopic (exact) mass is 304 g/mol. The van der Waals surface area contributed by atoms with Crippen LogP contribution in [0.2, 0.25) is 5.02 Å². The van der Waals surface area contributed by atoms with Crippen LogP contribution in [0.4, 0.5) is 0 Å². The molecule has 0 fully saturated rings. The average molecular weight is 305 g/mol. The lowest BCUT2D eigenvalue weighted by atomic mass is 10.1. The lowest BCUT2D eigenvalue weighted by Gasteiger charge is -2.09. The molecule has 2 rings (SSSR count). The van der Waals surface area contributed by atoms with E-state index in [2.05, 4.69) is 15.5 Å². The van der Waals surface area contributed by atoms with Crippen molar-refractivity contribution < 1.29 is 5.21 Å². The van der Waals surface area contributed by atoms with Gasteiger partial charge in [0.25, 0.3) is 0 Å². The van der Waals surface area contributed by atoms with Crippen molar-refractivity contribution >= 4 is 17.4 Å². The van der Waals surface area contributed by atoms with Gasteiger partial charge in [-0.3, -0.25) is 4.98 Å². The van der Waals surface area contributed by atoms with Gasteiger partial charge in [-0.1, -0.05) is 35.0 Å². The number of oxime groups is 1. The lowest BCUT2D eigenvalue weighted by molar-refractivity contribution is 0.318. The van der Waals surface area contributed by atoms with Crippen molar-refractivity contribution in [2.45, 2.75) is 20.0 Å². The minimum absolute atomic E-state index is 0.0421. The average Bonchev–Trinajstić information content (AvgIpc) is 2.50. The van der Waals surface area contributed by atoms with E-state index in [-0.39, 0.29) is 5.84 Å². The number of nitrogens with two attached hydrogens (primary N) is 1. The number of nitrogens with zero attached hydrogens (tertiary/aromatic N) is 2. The molecule has 110 valence electrons. The van der Waals surface area contributed by atoms with Crippen LogP contribution in [0.25, 0.3) is 0 Å². The molecule has 5 nitrogen and oxygen atoms in total. The van der Waals surface area contributed by atoms with Crippen molar-refractivity contribution in [2.24, 2.45) is 10.9 Å². The standard InChI is InChI=1S/C15H17ClN4O/c1-10-3-2-6-19-14(10)9-18-8-12-5-4-11(7-13(12)16)15(17)20-21/h2-7,18,21H,8-9H2,1H3,(H2,17,20). The minimum Gasteiger partial charge on any atom is -0.409 e. The first kappa shape index (κ1) is 15.3. The molecule has 0 aliphatic carbocycles. The molecule has 2 aromatic rings. The molecule has 0 radical (unpaired) electrons. The number of nitrogens with one attached hydrogen (secondary N) is 1. The van der Waals surface area contributed by atoms with E-state index in [0.717, 1.165) is 16.8 Å². The quantitative estimate of drug-likeness (QED) is 0.343. The maximum absolute atomic E-state index is 8.64. The van der Waals surface area contributed by atoms with Gasteiger partial charge in [0.05, 0.1) is 5.69 Å². The van der Waals surface area contributed by atoms with Crippen LogP contribution >= 0.6 is 11.6 Å². The van der Waals surface area contributed by atoms with Crippen molar-refractivity contribution in [3.8, 4) is 0 Å². The highest BCUT2D eigenvalue weighted by Gasteiger charge is 2.05. The van der Waals surface area contributed by atoms with Crippen LogP contribution in [0.3, 0.4) is 0 Å². The summed E-state index contributed by atoms with van der Waals surface area (Å²) >= 11 is 6.20. The molecule has 6 heteroatoms. The number of rotatable bonds is 5. The molecular weight excluding hydrogens is 288 g/mol. The van der Waals surface area contributed by atoms with E-state index in [9.17, 15) is 0 Å². The highest BCUT2D eigenvalue weighted by Crippen LogP contribution is 2.18. The number of pyridine rings is 1. The molecule has 21 heavy (non-hydrogen) atoms. The molecule has 0 aliphatic heterocycles. The molecule has 0 aliphatic rings. The smallest absolute Gasteiger partial charge is 0.170 e. The lowest BCUT2D eigenvalue weighted by Crippen LogP contribution is -2.16. The third-order valence-electron chi connectivity index (χ3n) is 3.18. The Morgan fingerprint density at radius 2 is 2.19 bits per heavy atom. The van der Waals surface area contributed by atoms with Crippen LogP contribution in [0.15, 0.2) is 41.7 Å². The number of amidine groups is 1. The third kappa shape index (κ3) is 3.93. The van der Waals surface area contributed by atoms with Gasteiger partial charge in [0.2, 0.25) is 0 Å². The maximum atomic E-state index is 8.64. The molecule has 1 heterocycles. The van der Waals surface area contributed by atoms with Gasteiger partial charge >= 0.3 is 0 Å². The maximum Gasteiger partial charge on any atom is 0.170 e. The zero-order valence-corrected chi connectivity index (χ0v) is 12.4. The van der Waals surface area contributed by atoms with Gasteiger partial charge in [-0.25, -0.2) is 0 Å². The number of hydrogen-bond donors (Lipinski definition) is 3. The predicted octanol–water partition coefficient (Wildman–Crippen LogP) is 2.43. The van der Waals surface area contributed by atoms with Gasteiger partial charge in [-0.2, -0.15) is 0 Å². The second-order valence-electron chi connectivity index (χ2n) is 4.66. The molecule has 1 aromatic carbocycles. The van der Waals surface area contributed by atoms with Gasteiger partial charge in [0, 0.05) is 29.9 Å². The Balaban J connectivity index is 1.99. The molecule has 0 unspecified atom stereocenters. The Bertz CT molecular complexity index is 658. The van der Waals surface area contributed by atoms with Gasteiger partial charge in [0.1, 0.15) is 0 Å². The van der Waals surface area contributed by atoms with Crippen LogP contribution in [0.1, 0.15) is 22.4 Å². The van der Waals surface area contributed by atoms with Crippen LogP contribution < -0.4 is 11.1 Å². The van der Waals surface area contributed by atoms with Crippen LogP contribution in [0.5, 0.6) is 0 Å². The minimum atomic E-state index is 0.0421. The van der Waals surface area contributed by atoms with E-state index in [1.807, 2.05) is 25.1 Å². The normalized spacial score (nSPS) is 11.6. The first-order valence-electron chi connectivity index (χ1n) is 6.49. The fourth-order valence-corrected chi connectivity index (χ4v) is 2.17. The molecule has 0 bridgehead atoms. The zero-order chi connectivity index (χ0) is 15.2. The topological polar surface area (TPSA) is 83.5 Å². The summed E-state index contributed by atoms with van der Waals surface area (Å²) in [6.07, 6.45) is 1.78. The summed E-state index contributed by atoms with van der Waals surface area (Å²) < 4.78 is 0. The summed E-state index contributed by atoms with van der Waals surface area (Å²) in [5.74, 6) is 0.0421. The predicted molar refractivity (Wildman–Crippen MR) is 83.5 cm³/mol. The molecular formula is C15H17ClN4O. The van der Waals surface area contributed by atoms with E-state index in [1.54, 1.807) is 18.3 Å². The van der Waals surface area contributed by atoms with Crippen LogP contribution in [-0.4, -0.2) is 16.0 Å². The molecule has 4 N–H and O–H groups in total. The number of halogens is 1. The number of benzene rings is 1. The van der Waals surface area contributed by atoms with E-state index in [4.69, 9.17) is 22.5 Å². The Hall–Kier alpha value is -2.11. The van der Waals surface area contributed by atoms with E-state index >= 15 is 0 Å². The van der Waals surface area contributed by atoms with Crippen molar-refractivity contribution in [2.75, 3.05) is 0 Å². The number of hydrogen-bond acceptors (Lipinski definition) is 4. The molecule has 0 saturated carbocycles. The fraction of sp³-hybridized carbons (Fsp3) is 0.200. The SMILES string of the molecule is Cc1cccnc1CNCc1ccc(/C(N)=N/O)cc1Cl. The Kier molecular flexibility index (Phi) is 5.14. The Morgan fingerprint density at radius 1 is 1.38 bits per heavy atom. The van der Waals surface area contributed by atoms with Gasteiger partial charge < -0.3 is 16.3 Å². The summed E-state index contributed by atoms with van der Waals surface area (Å²) in [4.78, 5) is 4.32. The Morgan fingerprint density at radius 3 is 2.86 bits per heavy atom. The number of aromatic nitrogens is 1. The van der Waals surface area contributed by atoms with E-state index < -0.39 is 0 Å². The zero-order valence-electron chi connectivity index (χ0n) is 11.7. The number of aryl methyl sites for hydroxylation is 1. The first-order chi connectivity index (χ1) is 10.1. The largest absolute Gasteiger partial charge is 0.409 e. The van der Waals surface area contributed by atoms with Gasteiger partial charge in [-0.05, 0) is 30.2 Å². The molecule has 0 spiro atoms. The fourth-order valence-electron chi connectivity index (χ4n) is 1.93. The summed E-state index contributed by atoms with van der Waals surface area (Å²) in [6.45, 7) is 3.32. The summed E-state index contributed by atoms with van der Waals surface area (Å²) in [5.41, 5.74) is 9.22.